The van der Waals surface area contributed by atoms with Crippen molar-refractivity contribution in [1.82, 2.24) is 0 Å². The van der Waals surface area contributed by atoms with Crippen molar-refractivity contribution >= 4 is 0 Å². The molecule has 0 aromatic rings. The number of hydrogen-bond donors (Lipinski definition) is 0. The van der Waals surface area contributed by atoms with Crippen molar-refractivity contribution in [2.24, 2.45) is 0 Å². The molecule has 3 nitrogen and oxygen atoms in total. The Kier molecular flexibility index (Phi) is 627. The molecule has 0 aromatic carbocycles. The van der Waals surface area contributed by atoms with Crippen molar-refractivity contribution in [2.75, 3.05) is 0 Å². The summed E-state index contributed by atoms with van der Waals surface area (Å²) >= 11 is 0. The minimum absolute atomic E-state index is 0. The topological polar surface area (TPSA) is 85.5 Å². The van der Waals surface area contributed by atoms with Crippen LogP contribution in [0.1, 0.15) is 0 Å². The first-order chi connectivity index (χ1) is 0. The number of hydrogen-bond acceptors (Lipinski definition) is 0. The van der Waals surface area contributed by atoms with E-state index in [0.29, 0.717) is 0 Å². The second kappa shape index (κ2) is 42.7. The van der Waals surface area contributed by atoms with Crippen LogP contribution in [0.2, 0.25) is 0 Å². The second-order valence-corrected chi connectivity index (χ2v) is 0. The Labute approximate surface area is 73.0 Å². The minimum atomic E-state index is 0. The van der Waals surface area contributed by atoms with Crippen LogP contribution in [0.25, 0.3) is 0 Å². The molecule has 0 fully saturated rings. The molecule has 5 heavy (non-hydrogen) atoms. The predicted molar refractivity (Wildman–Crippen MR) is 2.06 cm³/mol. The van der Waals surface area contributed by atoms with Crippen molar-refractivity contribution < 1.29 is 73.9 Å². The zero-order chi connectivity index (χ0) is 0. The summed E-state index contributed by atoms with van der Waals surface area (Å²) in [4.78, 5) is 0. The molecule has 0 saturated carbocycles. The van der Waals surface area contributed by atoms with Gasteiger partial charge in [-0.2, -0.15) is 0 Å². The smallest absolute Gasteiger partial charge is 2.00 e. The van der Waals surface area contributed by atoms with Gasteiger partial charge in [-0.15, -0.1) is 0 Å². The Morgan fingerprint density at radius 1 is 0.600 bits per heavy atom. The van der Waals surface area contributed by atoms with Crippen LogP contribution >= 0.6 is 0 Å². The molecule has 0 unspecified atom stereocenters. The molecule has 0 N–H and O–H groups in total. The molecular weight excluding hydrogens is 254 g/mol. The van der Waals surface area contributed by atoms with Gasteiger partial charge in [0.2, 0.25) is 0 Å². The van der Waals surface area contributed by atoms with E-state index in [4.69, 9.17) is 0 Å². The molecule has 5 heteroatoms. The van der Waals surface area contributed by atoms with E-state index in [2.05, 4.69) is 0 Å². The maximum absolute atomic E-state index is 0. The summed E-state index contributed by atoms with van der Waals surface area (Å²) < 4.78 is 0. The number of rotatable bonds is 0. The fourth-order valence-electron chi connectivity index (χ4n) is 0. The maximum Gasteiger partial charge on any atom is 3.00 e. The summed E-state index contributed by atoms with van der Waals surface area (Å²) in [6, 6.07) is 0. The molecule has 0 heterocycles. The first-order valence-corrected chi connectivity index (χ1v) is 0. The summed E-state index contributed by atoms with van der Waals surface area (Å²) in [6.07, 6.45) is 0. The minimum Gasteiger partial charge on any atom is -2.00 e. The quantitative estimate of drug-likeness (QED) is 0.529. The van der Waals surface area contributed by atoms with E-state index in [0.717, 1.165) is 0 Å². The molecule has 0 aliphatic heterocycles. The Hall–Kier alpha value is 1.74. The molecule has 0 atom stereocenters. The Morgan fingerprint density at radius 2 is 0.600 bits per heavy atom. The average molecular weight is 254 g/mol. The summed E-state index contributed by atoms with van der Waals surface area (Å²) in [6.45, 7) is 0. The Balaban J connectivity index is 0. The van der Waals surface area contributed by atoms with E-state index in [-0.39, 0.29) is 73.9 Å². The zero-order valence-corrected chi connectivity index (χ0v) is 5.71. The van der Waals surface area contributed by atoms with E-state index >= 15 is 0 Å². The SMILES string of the molecule is [Fe+3].[O-2].[O-2].[O-2].[Sm+3]. The molecule has 0 saturated heterocycles. The summed E-state index contributed by atoms with van der Waals surface area (Å²) in [5, 5.41) is 0. The van der Waals surface area contributed by atoms with Crippen LogP contribution in [-0.4, -0.2) is 0 Å². The van der Waals surface area contributed by atoms with Gasteiger partial charge in [0.25, 0.3) is 0 Å². The van der Waals surface area contributed by atoms with E-state index in [9.17, 15) is 0 Å². The normalized spacial score (nSPS) is 0. The summed E-state index contributed by atoms with van der Waals surface area (Å²) in [7, 11) is 0. The first kappa shape index (κ1) is 73.5. The van der Waals surface area contributed by atoms with Gasteiger partial charge in [-0.3, -0.25) is 0 Å². The molecule has 0 aliphatic carbocycles. The maximum atomic E-state index is 0. The van der Waals surface area contributed by atoms with Crippen LogP contribution < -0.4 is 0 Å². The molecule has 2 radical (unpaired) electrons. The van der Waals surface area contributed by atoms with Gasteiger partial charge in [0.1, 0.15) is 0 Å². The third-order valence-electron chi connectivity index (χ3n) is 0. The average Bonchev–Trinajstić information content (AvgIpc) is 0. The molecule has 32 valence electrons. The molecule has 0 bridgehead atoms. The summed E-state index contributed by atoms with van der Waals surface area (Å²) in [5.74, 6) is 0. The van der Waals surface area contributed by atoms with Gasteiger partial charge < -0.3 is 16.4 Å². The second-order valence-electron chi connectivity index (χ2n) is 0. The first-order valence-electron chi connectivity index (χ1n) is 0. The van der Waals surface area contributed by atoms with Crippen LogP contribution in [0.5, 0.6) is 0 Å². The van der Waals surface area contributed by atoms with Gasteiger partial charge in [0, 0.05) is 0 Å². The van der Waals surface area contributed by atoms with Crippen LogP contribution in [0.4, 0.5) is 0 Å². The van der Waals surface area contributed by atoms with Crippen LogP contribution in [-0.2, 0) is 33.5 Å². The van der Waals surface area contributed by atoms with Gasteiger partial charge in [-0.05, 0) is 0 Å². The summed E-state index contributed by atoms with van der Waals surface area (Å²) in [5.41, 5.74) is 0. The predicted octanol–water partition coefficient (Wildman–Crippen LogP) is -0.359. The third-order valence-corrected chi connectivity index (χ3v) is 0. The third kappa shape index (κ3) is 26.6. The fraction of sp³-hybridized carbons (Fsp3) is 0. The monoisotopic (exact) mass is 256 g/mol. The molecular formula is FeO3Sm. The van der Waals surface area contributed by atoms with E-state index in [1.165, 1.54) is 0 Å². The molecule has 0 rings (SSSR count). The van der Waals surface area contributed by atoms with Crippen molar-refractivity contribution in [2.45, 2.75) is 0 Å². The van der Waals surface area contributed by atoms with Crippen LogP contribution in [0, 0.1) is 40.4 Å². The van der Waals surface area contributed by atoms with Crippen molar-refractivity contribution in [1.29, 1.82) is 0 Å². The van der Waals surface area contributed by atoms with Crippen molar-refractivity contribution in [3.63, 3.8) is 0 Å². The molecule has 0 aromatic heterocycles. The largest absolute Gasteiger partial charge is 3.00 e. The molecule has 0 spiro atoms. The van der Waals surface area contributed by atoms with E-state index < -0.39 is 0 Å². The van der Waals surface area contributed by atoms with Gasteiger partial charge in [0.05, 0.1) is 0 Å². The Morgan fingerprint density at radius 3 is 0.600 bits per heavy atom. The van der Waals surface area contributed by atoms with Gasteiger partial charge >= 0.3 is 57.5 Å². The Bertz CT molecular complexity index is 6.85. The molecule has 0 amide bonds. The van der Waals surface area contributed by atoms with Crippen LogP contribution in [0.15, 0.2) is 0 Å². The molecule has 0 aliphatic rings. The van der Waals surface area contributed by atoms with Crippen LogP contribution in [0.3, 0.4) is 0 Å². The van der Waals surface area contributed by atoms with Gasteiger partial charge in [-0.25, -0.2) is 0 Å². The standard InChI is InChI=1S/Fe.3O.Sm/q+3;3*-2;+3. The van der Waals surface area contributed by atoms with Crippen molar-refractivity contribution in [3.8, 4) is 0 Å². The van der Waals surface area contributed by atoms with E-state index in [1.807, 2.05) is 0 Å². The van der Waals surface area contributed by atoms with Gasteiger partial charge in [-0.1, -0.05) is 0 Å². The zero-order valence-electron chi connectivity index (χ0n) is 1.99. The fourth-order valence-corrected chi connectivity index (χ4v) is 0. The van der Waals surface area contributed by atoms with Crippen molar-refractivity contribution in [3.05, 3.63) is 0 Å². The van der Waals surface area contributed by atoms with Gasteiger partial charge in [0.15, 0.2) is 0 Å². The van der Waals surface area contributed by atoms with E-state index in [1.54, 1.807) is 0 Å².